The lowest BCUT2D eigenvalue weighted by Crippen LogP contribution is -2.12. The average molecular weight is 241 g/mol. The Kier molecular flexibility index (Phi) is 3.68. The molecule has 2 aromatic rings. The molecule has 1 N–H and O–H groups in total. The summed E-state index contributed by atoms with van der Waals surface area (Å²) in [5.74, 6) is 0. The van der Waals surface area contributed by atoms with Gasteiger partial charge in [0.1, 0.15) is 0 Å². The second kappa shape index (κ2) is 5.23. The first kappa shape index (κ1) is 12.7. The van der Waals surface area contributed by atoms with Crippen LogP contribution in [0.15, 0.2) is 48.5 Å². The molecule has 0 heterocycles. The first-order valence-corrected chi connectivity index (χ1v) is 6.17. The van der Waals surface area contributed by atoms with Crippen molar-refractivity contribution in [3.8, 4) is 0 Å². The van der Waals surface area contributed by atoms with Crippen molar-refractivity contribution in [2.24, 2.45) is 0 Å². The predicted octanol–water partition coefficient (Wildman–Crippen LogP) is 3.82. The third kappa shape index (κ3) is 2.54. The van der Waals surface area contributed by atoms with Crippen molar-refractivity contribution in [2.45, 2.75) is 20.0 Å². The van der Waals surface area contributed by atoms with Gasteiger partial charge in [-0.2, -0.15) is 0 Å². The molecule has 0 spiro atoms. The van der Waals surface area contributed by atoms with Gasteiger partial charge in [-0.3, -0.25) is 0 Å². The van der Waals surface area contributed by atoms with Crippen molar-refractivity contribution < 1.29 is 5.11 Å². The second-order valence-corrected chi connectivity index (χ2v) is 4.63. The van der Waals surface area contributed by atoms with E-state index in [1.165, 1.54) is 5.56 Å². The van der Waals surface area contributed by atoms with Crippen LogP contribution in [0.5, 0.6) is 0 Å². The van der Waals surface area contributed by atoms with Gasteiger partial charge in [-0.1, -0.05) is 30.3 Å². The summed E-state index contributed by atoms with van der Waals surface area (Å²) >= 11 is 0. The summed E-state index contributed by atoms with van der Waals surface area (Å²) in [6, 6.07) is 16.3. The standard InChI is InChI=1S/C16H19NO/c1-12-7-6-8-14(11-12)17(3)16-10-5-4-9-15(16)13(2)18/h4-11,13,18H,1-3H3. The zero-order chi connectivity index (χ0) is 13.1. The number of aliphatic hydroxyl groups is 1. The molecule has 0 saturated heterocycles. The van der Waals surface area contributed by atoms with Crippen LogP contribution >= 0.6 is 0 Å². The fourth-order valence-corrected chi connectivity index (χ4v) is 2.12. The lowest BCUT2D eigenvalue weighted by Gasteiger charge is -2.24. The molecular formula is C16H19NO. The van der Waals surface area contributed by atoms with Crippen LogP contribution in [-0.4, -0.2) is 12.2 Å². The van der Waals surface area contributed by atoms with Crippen LogP contribution in [0.4, 0.5) is 11.4 Å². The number of aryl methyl sites for hydroxylation is 1. The summed E-state index contributed by atoms with van der Waals surface area (Å²) in [7, 11) is 2.02. The third-order valence-electron chi connectivity index (χ3n) is 3.14. The Bertz CT molecular complexity index is 534. The van der Waals surface area contributed by atoms with Crippen LogP contribution in [0.1, 0.15) is 24.2 Å². The topological polar surface area (TPSA) is 23.5 Å². The molecule has 2 heteroatoms. The Morgan fingerprint density at radius 3 is 2.44 bits per heavy atom. The maximum absolute atomic E-state index is 9.83. The van der Waals surface area contributed by atoms with Gasteiger partial charge in [0, 0.05) is 24.0 Å². The van der Waals surface area contributed by atoms with Crippen LogP contribution in [0.2, 0.25) is 0 Å². The van der Waals surface area contributed by atoms with Crippen molar-refractivity contribution in [3.63, 3.8) is 0 Å². The van der Waals surface area contributed by atoms with Gasteiger partial charge < -0.3 is 10.0 Å². The molecular weight excluding hydrogens is 222 g/mol. The van der Waals surface area contributed by atoms with Gasteiger partial charge in [0.05, 0.1) is 6.10 Å². The smallest absolute Gasteiger partial charge is 0.0782 e. The van der Waals surface area contributed by atoms with Crippen LogP contribution in [0, 0.1) is 6.92 Å². The molecule has 0 bridgehead atoms. The highest BCUT2D eigenvalue weighted by atomic mass is 16.3. The van der Waals surface area contributed by atoms with Gasteiger partial charge in [0.15, 0.2) is 0 Å². The number of aliphatic hydroxyl groups excluding tert-OH is 1. The Labute approximate surface area is 109 Å². The lowest BCUT2D eigenvalue weighted by atomic mass is 10.1. The summed E-state index contributed by atoms with van der Waals surface area (Å²) in [5, 5.41) is 9.83. The molecule has 2 aromatic carbocycles. The van der Waals surface area contributed by atoms with Crippen LogP contribution in [0.25, 0.3) is 0 Å². The fourth-order valence-electron chi connectivity index (χ4n) is 2.12. The Hall–Kier alpha value is -1.80. The average Bonchev–Trinajstić information content (AvgIpc) is 2.38. The van der Waals surface area contributed by atoms with Crippen molar-refractivity contribution >= 4 is 11.4 Å². The Morgan fingerprint density at radius 2 is 1.78 bits per heavy atom. The van der Waals surface area contributed by atoms with E-state index >= 15 is 0 Å². The van der Waals surface area contributed by atoms with Gasteiger partial charge in [-0.15, -0.1) is 0 Å². The quantitative estimate of drug-likeness (QED) is 0.883. The van der Waals surface area contributed by atoms with E-state index in [1.807, 2.05) is 37.4 Å². The van der Waals surface area contributed by atoms with Crippen LogP contribution < -0.4 is 4.90 Å². The highest BCUT2D eigenvalue weighted by Crippen LogP contribution is 2.30. The van der Waals surface area contributed by atoms with Crippen molar-refractivity contribution in [1.29, 1.82) is 0 Å². The van der Waals surface area contributed by atoms with Gasteiger partial charge in [0.2, 0.25) is 0 Å². The van der Waals surface area contributed by atoms with E-state index in [9.17, 15) is 5.11 Å². The zero-order valence-electron chi connectivity index (χ0n) is 11.1. The van der Waals surface area contributed by atoms with Crippen molar-refractivity contribution in [3.05, 3.63) is 59.7 Å². The molecule has 18 heavy (non-hydrogen) atoms. The summed E-state index contributed by atoms with van der Waals surface area (Å²) in [6.07, 6.45) is -0.464. The van der Waals surface area contributed by atoms with Crippen molar-refractivity contribution in [2.75, 3.05) is 11.9 Å². The Morgan fingerprint density at radius 1 is 1.06 bits per heavy atom. The SMILES string of the molecule is Cc1cccc(N(C)c2ccccc2C(C)O)c1. The molecule has 0 radical (unpaired) electrons. The van der Waals surface area contributed by atoms with E-state index in [-0.39, 0.29) is 0 Å². The van der Waals surface area contributed by atoms with E-state index in [0.29, 0.717) is 0 Å². The first-order chi connectivity index (χ1) is 8.59. The molecule has 0 aliphatic carbocycles. The van der Waals surface area contributed by atoms with Gasteiger partial charge in [-0.05, 0) is 37.6 Å². The second-order valence-electron chi connectivity index (χ2n) is 4.63. The molecule has 0 aliphatic rings. The fraction of sp³-hybridized carbons (Fsp3) is 0.250. The molecule has 0 aromatic heterocycles. The Balaban J connectivity index is 2.43. The number of benzene rings is 2. The summed E-state index contributed by atoms with van der Waals surface area (Å²) < 4.78 is 0. The number of anilines is 2. The normalized spacial score (nSPS) is 12.2. The highest BCUT2D eigenvalue weighted by molar-refractivity contribution is 5.66. The number of hydrogen-bond donors (Lipinski definition) is 1. The summed E-state index contributed by atoms with van der Waals surface area (Å²) in [6.45, 7) is 3.88. The highest BCUT2D eigenvalue weighted by Gasteiger charge is 2.12. The maximum atomic E-state index is 9.83. The summed E-state index contributed by atoms with van der Waals surface area (Å²) in [5.41, 5.74) is 4.34. The number of rotatable bonds is 3. The minimum absolute atomic E-state index is 0.464. The predicted molar refractivity (Wildman–Crippen MR) is 76.3 cm³/mol. The van der Waals surface area contributed by atoms with E-state index in [2.05, 4.69) is 30.0 Å². The van der Waals surface area contributed by atoms with E-state index in [4.69, 9.17) is 0 Å². The lowest BCUT2D eigenvalue weighted by molar-refractivity contribution is 0.200. The molecule has 2 nitrogen and oxygen atoms in total. The maximum Gasteiger partial charge on any atom is 0.0782 e. The zero-order valence-corrected chi connectivity index (χ0v) is 11.1. The summed E-state index contributed by atoms with van der Waals surface area (Å²) in [4.78, 5) is 2.11. The molecule has 0 fully saturated rings. The monoisotopic (exact) mass is 241 g/mol. The van der Waals surface area contributed by atoms with E-state index in [0.717, 1.165) is 16.9 Å². The third-order valence-corrected chi connectivity index (χ3v) is 3.14. The van der Waals surface area contributed by atoms with Gasteiger partial charge in [-0.25, -0.2) is 0 Å². The molecule has 0 amide bonds. The largest absolute Gasteiger partial charge is 0.389 e. The van der Waals surface area contributed by atoms with Gasteiger partial charge >= 0.3 is 0 Å². The minimum atomic E-state index is -0.464. The van der Waals surface area contributed by atoms with Gasteiger partial charge in [0.25, 0.3) is 0 Å². The molecule has 2 rings (SSSR count). The minimum Gasteiger partial charge on any atom is -0.389 e. The number of hydrogen-bond acceptors (Lipinski definition) is 2. The van der Waals surface area contributed by atoms with Crippen LogP contribution in [0.3, 0.4) is 0 Å². The van der Waals surface area contributed by atoms with E-state index < -0.39 is 6.10 Å². The van der Waals surface area contributed by atoms with E-state index in [1.54, 1.807) is 6.92 Å². The molecule has 1 unspecified atom stereocenters. The van der Waals surface area contributed by atoms with Crippen molar-refractivity contribution in [1.82, 2.24) is 0 Å². The molecule has 0 saturated carbocycles. The first-order valence-electron chi connectivity index (χ1n) is 6.17. The molecule has 1 atom stereocenters. The number of para-hydroxylation sites is 1. The molecule has 0 aliphatic heterocycles. The van der Waals surface area contributed by atoms with Crippen LogP contribution in [-0.2, 0) is 0 Å². The number of nitrogens with zero attached hydrogens (tertiary/aromatic N) is 1. The molecule has 94 valence electrons.